The third-order valence-corrected chi connectivity index (χ3v) is 18.4. The highest BCUT2D eigenvalue weighted by Gasteiger charge is 2.53. The number of hydrogen-bond donors (Lipinski definition) is 0. The van der Waals surface area contributed by atoms with Gasteiger partial charge in [0.2, 0.25) is 0 Å². The van der Waals surface area contributed by atoms with Crippen molar-refractivity contribution in [2.75, 3.05) is 12.5 Å². The third-order valence-electron chi connectivity index (χ3n) is 5.39. The zero-order valence-electron chi connectivity index (χ0n) is 15.7. The van der Waals surface area contributed by atoms with Crippen molar-refractivity contribution < 1.29 is 4.74 Å². The summed E-state index contributed by atoms with van der Waals surface area (Å²) in [5.41, 5.74) is 0. The van der Waals surface area contributed by atoms with E-state index in [4.69, 9.17) is 4.74 Å². The fourth-order valence-electron chi connectivity index (χ4n) is 3.86. The van der Waals surface area contributed by atoms with Gasteiger partial charge in [0, 0.05) is 4.87 Å². The Morgan fingerprint density at radius 2 is 1.70 bits per heavy atom. The van der Waals surface area contributed by atoms with E-state index in [9.17, 15) is 0 Å². The maximum Gasteiger partial charge on any atom is 0.101 e. The third kappa shape index (κ3) is 3.79. The van der Waals surface area contributed by atoms with Crippen molar-refractivity contribution in [1.82, 2.24) is 0 Å². The first-order chi connectivity index (χ1) is 10.7. The first-order valence-electron chi connectivity index (χ1n) is 8.49. The van der Waals surface area contributed by atoms with Gasteiger partial charge in [-0.25, -0.2) is 0 Å². The van der Waals surface area contributed by atoms with Crippen molar-refractivity contribution in [3.05, 3.63) is 30.3 Å². The molecule has 2 rings (SSSR count). The molecule has 0 radical (unpaired) electrons. The Hall–Kier alpha value is 0.314. The lowest BCUT2D eigenvalue weighted by Crippen LogP contribution is -2.57. The Morgan fingerprint density at radius 3 is 2.13 bits per heavy atom. The molecule has 1 aromatic rings. The summed E-state index contributed by atoms with van der Waals surface area (Å²) >= 11 is 4.00. The molecule has 1 aromatic carbocycles. The van der Waals surface area contributed by atoms with Gasteiger partial charge < -0.3 is 4.74 Å². The SMILES string of the molecule is CSC(C1CCC(SC)([Si](C)(C)C)O1)[Si](C)(C)c1ccccc1. The van der Waals surface area contributed by atoms with E-state index in [1.807, 2.05) is 23.5 Å². The van der Waals surface area contributed by atoms with Crippen molar-refractivity contribution in [1.29, 1.82) is 0 Å². The summed E-state index contributed by atoms with van der Waals surface area (Å²) in [6.07, 6.45) is 7.38. The van der Waals surface area contributed by atoms with Crippen LogP contribution in [0.2, 0.25) is 32.7 Å². The Balaban J connectivity index is 2.26. The zero-order chi connectivity index (χ0) is 17.3. The van der Waals surface area contributed by atoms with Crippen LogP contribution in [0.3, 0.4) is 0 Å². The molecule has 23 heavy (non-hydrogen) atoms. The van der Waals surface area contributed by atoms with Gasteiger partial charge in [0.1, 0.15) is 4.56 Å². The summed E-state index contributed by atoms with van der Waals surface area (Å²) in [5, 5.41) is 1.55. The molecule has 3 atom stereocenters. The second kappa shape index (κ2) is 7.28. The number of hydrogen-bond acceptors (Lipinski definition) is 3. The number of rotatable bonds is 6. The maximum absolute atomic E-state index is 6.86. The van der Waals surface area contributed by atoms with E-state index >= 15 is 0 Å². The lowest BCUT2D eigenvalue weighted by molar-refractivity contribution is 0.0713. The number of thioether (sulfide) groups is 2. The molecule has 0 amide bonds. The molecule has 1 saturated heterocycles. The van der Waals surface area contributed by atoms with Gasteiger partial charge in [0.15, 0.2) is 0 Å². The van der Waals surface area contributed by atoms with Crippen molar-refractivity contribution in [3.8, 4) is 0 Å². The van der Waals surface area contributed by atoms with E-state index in [1.54, 1.807) is 5.19 Å². The molecule has 0 aromatic heterocycles. The lowest BCUT2D eigenvalue weighted by Gasteiger charge is -2.41. The topological polar surface area (TPSA) is 9.23 Å². The number of ether oxygens (including phenoxy) is 1. The molecule has 1 fully saturated rings. The molecule has 1 heterocycles. The van der Waals surface area contributed by atoms with Crippen LogP contribution in [-0.2, 0) is 4.74 Å². The molecular weight excluding hydrogens is 353 g/mol. The predicted molar refractivity (Wildman–Crippen MR) is 115 cm³/mol. The van der Waals surface area contributed by atoms with Gasteiger partial charge in [-0.2, -0.15) is 11.8 Å². The van der Waals surface area contributed by atoms with E-state index in [0.29, 0.717) is 11.0 Å². The summed E-state index contributed by atoms with van der Waals surface area (Å²) in [5.74, 6) is 0. The molecule has 130 valence electrons. The second-order valence-corrected chi connectivity index (χ2v) is 20.9. The van der Waals surface area contributed by atoms with Gasteiger partial charge in [0.25, 0.3) is 0 Å². The lowest BCUT2D eigenvalue weighted by atomic mass is 10.3. The van der Waals surface area contributed by atoms with E-state index in [2.05, 4.69) is 75.6 Å². The minimum atomic E-state index is -1.56. The van der Waals surface area contributed by atoms with Crippen LogP contribution in [0.1, 0.15) is 12.8 Å². The maximum atomic E-state index is 6.86. The van der Waals surface area contributed by atoms with Crippen LogP contribution in [0.15, 0.2) is 30.3 Å². The molecular formula is C18H32OS2Si2. The Kier molecular flexibility index (Phi) is 6.22. The molecule has 0 bridgehead atoms. The van der Waals surface area contributed by atoms with E-state index in [1.165, 1.54) is 12.8 Å². The fraction of sp³-hybridized carbons (Fsp3) is 0.667. The largest absolute Gasteiger partial charge is 0.364 e. The van der Waals surface area contributed by atoms with Crippen LogP contribution < -0.4 is 5.19 Å². The molecule has 0 N–H and O–H groups in total. The summed E-state index contributed by atoms with van der Waals surface area (Å²) in [4.78, 5) is 0.621. The van der Waals surface area contributed by atoms with Crippen LogP contribution >= 0.6 is 23.5 Å². The van der Waals surface area contributed by atoms with E-state index in [0.717, 1.165) is 0 Å². The quantitative estimate of drug-likeness (QED) is 0.640. The first kappa shape index (κ1) is 19.6. The predicted octanol–water partition coefficient (Wildman–Crippen LogP) is 4.99. The van der Waals surface area contributed by atoms with E-state index < -0.39 is 16.1 Å². The van der Waals surface area contributed by atoms with Crippen LogP contribution in [0, 0.1) is 0 Å². The molecule has 5 heteroatoms. The highest BCUT2D eigenvalue weighted by Crippen LogP contribution is 2.48. The summed E-state index contributed by atoms with van der Waals surface area (Å²) in [6, 6.07) is 11.1. The second-order valence-electron chi connectivity index (χ2n) is 8.15. The highest BCUT2D eigenvalue weighted by molar-refractivity contribution is 8.01. The average Bonchev–Trinajstić information content (AvgIpc) is 2.94. The van der Waals surface area contributed by atoms with Crippen molar-refractivity contribution >= 4 is 44.9 Å². The van der Waals surface area contributed by atoms with Gasteiger partial charge in [-0.15, -0.1) is 11.8 Å². The Bertz CT molecular complexity index is 516. The smallest absolute Gasteiger partial charge is 0.101 e. The minimum Gasteiger partial charge on any atom is -0.364 e. The van der Waals surface area contributed by atoms with Gasteiger partial charge in [-0.05, 0) is 25.4 Å². The van der Waals surface area contributed by atoms with Gasteiger partial charge in [0.05, 0.1) is 22.3 Å². The molecule has 0 spiro atoms. The van der Waals surface area contributed by atoms with Gasteiger partial charge in [-0.1, -0.05) is 68.3 Å². The van der Waals surface area contributed by atoms with Crippen LogP contribution in [0.5, 0.6) is 0 Å². The normalized spacial score (nSPS) is 27.2. The van der Waals surface area contributed by atoms with Crippen molar-refractivity contribution in [2.45, 2.75) is 61.1 Å². The molecule has 1 aliphatic heterocycles. The Labute approximate surface area is 153 Å². The van der Waals surface area contributed by atoms with Crippen molar-refractivity contribution in [2.24, 2.45) is 0 Å². The fourth-order valence-corrected chi connectivity index (χ4v) is 14.1. The standard InChI is InChI=1S/C18H32OS2Si2/c1-20-17(23(6,7)15-11-9-8-10-12-15)16-13-14-18(19-16,21-2)22(3,4)5/h8-12,16-17H,13-14H2,1-7H3. The minimum absolute atomic E-state index is 0.104. The molecule has 1 aliphatic rings. The highest BCUT2D eigenvalue weighted by atomic mass is 32.2. The monoisotopic (exact) mass is 384 g/mol. The summed E-state index contributed by atoms with van der Waals surface area (Å²) < 4.78 is 6.97. The van der Waals surface area contributed by atoms with Gasteiger partial charge in [-0.3, -0.25) is 0 Å². The summed E-state index contributed by atoms with van der Waals surface area (Å²) in [6.45, 7) is 12.4. The van der Waals surface area contributed by atoms with Gasteiger partial charge >= 0.3 is 0 Å². The van der Waals surface area contributed by atoms with Crippen LogP contribution in [-0.4, -0.2) is 44.2 Å². The van der Waals surface area contributed by atoms with Crippen LogP contribution in [0.4, 0.5) is 0 Å². The van der Waals surface area contributed by atoms with E-state index in [-0.39, 0.29) is 4.56 Å². The number of benzene rings is 1. The Morgan fingerprint density at radius 1 is 1.09 bits per heavy atom. The zero-order valence-corrected chi connectivity index (χ0v) is 19.3. The summed E-state index contributed by atoms with van der Waals surface area (Å²) in [7, 11) is -2.93. The van der Waals surface area contributed by atoms with Crippen LogP contribution in [0.25, 0.3) is 0 Å². The molecule has 3 unspecified atom stereocenters. The average molecular weight is 385 g/mol. The molecule has 0 saturated carbocycles. The first-order valence-corrected chi connectivity index (χ1v) is 17.6. The van der Waals surface area contributed by atoms with Crippen molar-refractivity contribution in [3.63, 3.8) is 0 Å². The molecule has 1 nitrogen and oxygen atoms in total. The molecule has 0 aliphatic carbocycles.